The molecule has 2 aliphatic heterocycles. The lowest BCUT2D eigenvalue weighted by Crippen LogP contribution is -2.49. The van der Waals surface area contributed by atoms with Crippen molar-refractivity contribution in [2.24, 2.45) is 0 Å². The van der Waals surface area contributed by atoms with Crippen LogP contribution in [0.25, 0.3) is 11.1 Å². The van der Waals surface area contributed by atoms with Crippen molar-refractivity contribution in [1.29, 1.82) is 0 Å². The number of hydrogen-bond acceptors (Lipinski definition) is 5. The largest absolute Gasteiger partial charge is 0.440 e. The number of carbonyl (C=O) groups excluding carboxylic acids is 1. The third-order valence-corrected chi connectivity index (χ3v) is 8.55. The summed E-state index contributed by atoms with van der Waals surface area (Å²) in [6.45, 7) is 1.47. The van der Waals surface area contributed by atoms with Crippen LogP contribution in [0.4, 0.5) is 0 Å². The Kier molecular flexibility index (Phi) is 5.69. The number of likely N-dealkylation sites (tertiary alicyclic amines) is 1. The molecule has 1 atom stereocenters. The predicted molar refractivity (Wildman–Crippen MR) is 121 cm³/mol. The van der Waals surface area contributed by atoms with Crippen molar-refractivity contribution in [3.05, 3.63) is 59.4 Å². The highest BCUT2D eigenvalue weighted by Crippen LogP contribution is 2.32. The van der Waals surface area contributed by atoms with E-state index in [1.165, 1.54) is 16.4 Å². The van der Waals surface area contributed by atoms with Crippen LogP contribution in [0, 0.1) is 0 Å². The third kappa shape index (κ3) is 3.91. The summed E-state index contributed by atoms with van der Waals surface area (Å²) in [5.74, 6) is 0.756. The number of halogens is 1. The van der Waals surface area contributed by atoms with Gasteiger partial charge in [-0.3, -0.25) is 4.79 Å². The lowest BCUT2D eigenvalue weighted by molar-refractivity contribution is -0.135. The van der Waals surface area contributed by atoms with Crippen molar-refractivity contribution >= 4 is 38.6 Å². The van der Waals surface area contributed by atoms with Crippen molar-refractivity contribution in [1.82, 2.24) is 14.2 Å². The van der Waals surface area contributed by atoms with Gasteiger partial charge in [-0.15, -0.1) is 0 Å². The average molecular weight is 474 g/mol. The van der Waals surface area contributed by atoms with E-state index in [2.05, 4.69) is 4.98 Å². The summed E-state index contributed by atoms with van der Waals surface area (Å²) in [6.07, 6.45) is 2.70. The number of rotatable bonds is 4. The molecule has 32 heavy (non-hydrogen) atoms. The summed E-state index contributed by atoms with van der Waals surface area (Å²) < 4.78 is 33.6. The van der Waals surface area contributed by atoms with Crippen LogP contribution in [-0.4, -0.2) is 54.2 Å². The Bertz CT molecular complexity index is 1200. The van der Waals surface area contributed by atoms with Crippen LogP contribution in [0.1, 0.15) is 37.5 Å². The van der Waals surface area contributed by atoms with E-state index < -0.39 is 16.1 Å². The molecule has 168 valence electrons. The van der Waals surface area contributed by atoms with Gasteiger partial charge in [-0.25, -0.2) is 13.4 Å². The Morgan fingerprint density at radius 3 is 2.44 bits per heavy atom. The zero-order valence-corrected chi connectivity index (χ0v) is 19.1. The van der Waals surface area contributed by atoms with Gasteiger partial charge in [0, 0.05) is 30.6 Å². The molecule has 0 N–H and O–H groups in total. The molecule has 9 heteroatoms. The van der Waals surface area contributed by atoms with Gasteiger partial charge in [0.05, 0.1) is 4.90 Å². The number of amides is 1. The molecule has 0 saturated carbocycles. The Hall–Kier alpha value is -2.42. The first kappa shape index (κ1) is 21.4. The van der Waals surface area contributed by atoms with Crippen molar-refractivity contribution < 1.29 is 17.6 Å². The molecule has 7 nitrogen and oxygen atoms in total. The molecule has 2 aliphatic rings. The van der Waals surface area contributed by atoms with E-state index in [4.69, 9.17) is 16.0 Å². The Morgan fingerprint density at radius 1 is 1.00 bits per heavy atom. The van der Waals surface area contributed by atoms with Crippen LogP contribution >= 0.6 is 11.6 Å². The molecule has 0 aliphatic carbocycles. The first-order chi connectivity index (χ1) is 15.4. The fourth-order valence-electron chi connectivity index (χ4n) is 4.64. The molecule has 1 unspecified atom stereocenters. The van der Waals surface area contributed by atoms with Crippen LogP contribution in [0.15, 0.2) is 57.8 Å². The number of carbonyl (C=O) groups is 1. The van der Waals surface area contributed by atoms with E-state index in [1.807, 2.05) is 24.3 Å². The zero-order chi connectivity index (χ0) is 22.3. The van der Waals surface area contributed by atoms with Gasteiger partial charge in [0.15, 0.2) is 11.5 Å². The molecule has 2 fully saturated rings. The van der Waals surface area contributed by atoms with Crippen LogP contribution < -0.4 is 0 Å². The van der Waals surface area contributed by atoms with Gasteiger partial charge < -0.3 is 9.32 Å². The maximum atomic E-state index is 13.3. The van der Waals surface area contributed by atoms with E-state index >= 15 is 0 Å². The molecule has 2 aromatic carbocycles. The fourth-order valence-corrected chi connectivity index (χ4v) is 6.42. The molecule has 0 spiro atoms. The fraction of sp³-hybridized carbons (Fsp3) is 0.391. The lowest BCUT2D eigenvalue weighted by Gasteiger charge is -2.34. The van der Waals surface area contributed by atoms with Gasteiger partial charge in [-0.2, -0.15) is 4.31 Å². The summed E-state index contributed by atoms with van der Waals surface area (Å²) in [7, 11) is -3.75. The minimum atomic E-state index is -3.75. The van der Waals surface area contributed by atoms with E-state index in [9.17, 15) is 13.2 Å². The minimum absolute atomic E-state index is 0.115. The van der Waals surface area contributed by atoms with Gasteiger partial charge in [0.1, 0.15) is 11.6 Å². The summed E-state index contributed by atoms with van der Waals surface area (Å²) in [5.41, 5.74) is 1.62. The van der Waals surface area contributed by atoms with Crippen molar-refractivity contribution in [2.75, 3.05) is 19.6 Å². The second-order valence-corrected chi connectivity index (χ2v) is 10.7. The van der Waals surface area contributed by atoms with Crippen molar-refractivity contribution in [3.8, 4) is 0 Å². The summed E-state index contributed by atoms with van der Waals surface area (Å²) in [6, 6.07) is 13.1. The third-order valence-electron chi connectivity index (χ3n) is 6.38. The second kappa shape index (κ2) is 8.50. The maximum absolute atomic E-state index is 13.3. The van der Waals surface area contributed by atoms with Gasteiger partial charge in [0.2, 0.25) is 15.9 Å². The summed E-state index contributed by atoms with van der Waals surface area (Å²) in [4.78, 5) is 19.8. The van der Waals surface area contributed by atoms with Crippen LogP contribution in [0.2, 0.25) is 5.02 Å². The number of piperidine rings is 1. The van der Waals surface area contributed by atoms with Crippen molar-refractivity contribution in [2.45, 2.75) is 42.5 Å². The highest BCUT2D eigenvalue weighted by atomic mass is 35.5. The summed E-state index contributed by atoms with van der Waals surface area (Å²) >= 11 is 5.90. The topological polar surface area (TPSA) is 83.7 Å². The van der Waals surface area contributed by atoms with Crippen molar-refractivity contribution in [3.63, 3.8) is 0 Å². The highest BCUT2D eigenvalue weighted by Gasteiger charge is 2.42. The van der Waals surface area contributed by atoms with E-state index in [0.717, 1.165) is 23.9 Å². The second-order valence-electron chi connectivity index (χ2n) is 8.35. The van der Waals surface area contributed by atoms with Crippen LogP contribution in [0.3, 0.4) is 0 Å². The first-order valence-corrected chi connectivity index (χ1v) is 12.7. The normalized spacial score (nSPS) is 20.8. The first-order valence-electron chi connectivity index (χ1n) is 10.8. The molecule has 1 amide bonds. The molecule has 0 bridgehead atoms. The van der Waals surface area contributed by atoms with E-state index in [1.54, 1.807) is 17.0 Å². The summed E-state index contributed by atoms with van der Waals surface area (Å²) in [5, 5.41) is 0.472. The SMILES string of the molecule is O=C(C1CCCN1S(=O)(=O)c1ccc(Cl)cc1)N1CCC(c2nc3ccccc3o2)CC1. The number of sulfonamides is 1. The molecule has 2 saturated heterocycles. The lowest BCUT2D eigenvalue weighted by atomic mass is 9.96. The Morgan fingerprint density at radius 2 is 1.72 bits per heavy atom. The standard InChI is InChI=1S/C23H24ClN3O4S/c24-17-7-9-18(10-8-17)32(29,30)27-13-3-5-20(27)23(28)26-14-11-16(12-15-26)22-25-19-4-1-2-6-21(19)31-22/h1-2,4,6-10,16,20H,3,5,11-15H2. The van der Waals surface area contributed by atoms with E-state index in [0.29, 0.717) is 43.4 Å². The van der Waals surface area contributed by atoms with Gasteiger partial charge >= 0.3 is 0 Å². The van der Waals surface area contributed by atoms with Crippen LogP contribution in [-0.2, 0) is 14.8 Å². The van der Waals surface area contributed by atoms with Crippen LogP contribution in [0.5, 0.6) is 0 Å². The van der Waals surface area contributed by atoms with Gasteiger partial charge in [-0.05, 0) is 62.1 Å². The Labute approximate surface area is 192 Å². The molecule has 3 heterocycles. The molecule has 5 rings (SSSR count). The zero-order valence-electron chi connectivity index (χ0n) is 17.5. The molecule has 0 radical (unpaired) electrons. The molecule has 3 aromatic rings. The quantitative estimate of drug-likeness (QED) is 0.571. The average Bonchev–Trinajstić information content (AvgIpc) is 3.47. The predicted octanol–water partition coefficient (Wildman–Crippen LogP) is 4.04. The number of aromatic nitrogens is 1. The smallest absolute Gasteiger partial charge is 0.243 e. The number of benzene rings is 2. The van der Waals surface area contributed by atoms with Gasteiger partial charge in [-0.1, -0.05) is 23.7 Å². The number of nitrogens with zero attached hydrogens (tertiary/aromatic N) is 3. The van der Waals surface area contributed by atoms with E-state index in [-0.39, 0.29) is 16.7 Å². The molecular weight excluding hydrogens is 450 g/mol. The number of fused-ring (bicyclic) bond motifs is 1. The molecule has 1 aromatic heterocycles. The Balaban J connectivity index is 1.27. The maximum Gasteiger partial charge on any atom is 0.243 e. The number of oxazole rings is 1. The minimum Gasteiger partial charge on any atom is -0.440 e. The number of para-hydroxylation sites is 2. The van der Waals surface area contributed by atoms with Gasteiger partial charge in [0.25, 0.3) is 0 Å². The molecular formula is C23H24ClN3O4S. The number of hydrogen-bond donors (Lipinski definition) is 0. The monoisotopic (exact) mass is 473 g/mol. The highest BCUT2D eigenvalue weighted by molar-refractivity contribution is 7.89.